The Kier molecular flexibility index (Phi) is 5.14. The van der Waals surface area contributed by atoms with Crippen molar-refractivity contribution in [3.05, 3.63) is 17.6 Å². The molecule has 1 aliphatic rings. The number of hydrogen-bond donors (Lipinski definition) is 1. The van der Waals surface area contributed by atoms with Gasteiger partial charge in [-0.25, -0.2) is 9.97 Å². The number of aryl methyl sites for hydroxylation is 2. The van der Waals surface area contributed by atoms with Crippen molar-refractivity contribution < 1.29 is 0 Å². The second-order valence-electron chi connectivity index (χ2n) is 5.38. The van der Waals surface area contributed by atoms with Gasteiger partial charge in [0, 0.05) is 31.3 Å². The minimum Gasteiger partial charge on any atom is -0.356 e. The fourth-order valence-corrected chi connectivity index (χ4v) is 2.65. The van der Waals surface area contributed by atoms with Crippen LogP contribution in [0.1, 0.15) is 38.2 Å². The maximum Gasteiger partial charge on any atom is 0.132 e. The van der Waals surface area contributed by atoms with Gasteiger partial charge >= 0.3 is 0 Å². The largest absolute Gasteiger partial charge is 0.356 e. The molecular formula is C15H26N4. The Balaban J connectivity index is 1.95. The van der Waals surface area contributed by atoms with E-state index in [9.17, 15) is 0 Å². The molecule has 0 aliphatic carbocycles. The Labute approximate surface area is 116 Å². The van der Waals surface area contributed by atoms with Crippen molar-refractivity contribution in [3.63, 3.8) is 0 Å². The third kappa shape index (κ3) is 3.90. The molecule has 2 rings (SSSR count). The monoisotopic (exact) mass is 262 g/mol. The summed E-state index contributed by atoms with van der Waals surface area (Å²) < 4.78 is 0. The summed E-state index contributed by atoms with van der Waals surface area (Å²) in [6.45, 7) is 10.8. The number of nitrogens with zero attached hydrogens (tertiary/aromatic N) is 3. The van der Waals surface area contributed by atoms with Crippen LogP contribution in [0.5, 0.6) is 0 Å². The van der Waals surface area contributed by atoms with Gasteiger partial charge in [0.1, 0.15) is 11.6 Å². The highest BCUT2D eigenvalue weighted by Gasteiger charge is 2.20. The summed E-state index contributed by atoms with van der Waals surface area (Å²) >= 11 is 0. The summed E-state index contributed by atoms with van der Waals surface area (Å²) in [6.07, 6.45) is 3.43. The van der Waals surface area contributed by atoms with Gasteiger partial charge in [-0.2, -0.15) is 0 Å². The van der Waals surface area contributed by atoms with Gasteiger partial charge in [-0.1, -0.05) is 13.8 Å². The Hall–Kier alpha value is -1.16. The molecule has 1 saturated heterocycles. The van der Waals surface area contributed by atoms with Crippen molar-refractivity contribution in [1.29, 1.82) is 0 Å². The van der Waals surface area contributed by atoms with Gasteiger partial charge in [0.15, 0.2) is 0 Å². The molecule has 0 saturated carbocycles. The normalized spacial score (nSPS) is 16.9. The van der Waals surface area contributed by atoms with Gasteiger partial charge in [0.05, 0.1) is 0 Å². The van der Waals surface area contributed by atoms with Crippen LogP contribution in [0.25, 0.3) is 0 Å². The lowest BCUT2D eigenvalue weighted by Crippen LogP contribution is -2.37. The molecule has 1 N–H and O–H groups in total. The van der Waals surface area contributed by atoms with Crippen LogP contribution in [0.15, 0.2) is 6.07 Å². The SMILES string of the molecule is CCNCC1CCN(c2cc(C)nc(CC)n2)CC1. The summed E-state index contributed by atoms with van der Waals surface area (Å²) in [6, 6.07) is 2.11. The van der Waals surface area contributed by atoms with Crippen LogP contribution in [0.4, 0.5) is 5.82 Å². The third-order valence-corrected chi connectivity index (χ3v) is 3.82. The molecule has 0 aromatic carbocycles. The fourth-order valence-electron chi connectivity index (χ4n) is 2.65. The molecular weight excluding hydrogens is 236 g/mol. The van der Waals surface area contributed by atoms with Crippen LogP contribution in [-0.4, -0.2) is 36.1 Å². The molecule has 0 spiro atoms. The minimum absolute atomic E-state index is 0.824. The van der Waals surface area contributed by atoms with E-state index < -0.39 is 0 Å². The molecule has 4 nitrogen and oxygen atoms in total. The highest BCUT2D eigenvalue weighted by molar-refractivity contribution is 5.40. The van der Waals surface area contributed by atoms with Crippen LogP contribution in [0.3, 0.4) is 0 Å². The molecule has 4 heteroatoms. The smallest absolute Gasteiger partial charge is 0.132 e. The Morgan fingerprint density at radius 1 is 1.26 bits per heavy atom. The predicted molar refractivity (Wildman–Crippen MR) is 79.6 cm³/mol. The number of aromatic nitrogens is 2. The van der Waals surface area contributed by atoms with Crippen LogP contribution in [0, 0.1) is 12.8 Å². The molecule has 1 aliphatic heterocycles. The zero-order valence-corrected chi connectivity index (χ0v) is 12.4. The Bertz CT molecular complexity index is 397. The van der Waals surface area contributed by atoms with Crippen molar-refractivity contribution >= 4 is 5.82 Å². The first kappa shape index (κ1) is 14.3. The summed E-state index contributed by atoms with van der Waals surface area (Å²) in [5.41, 5.74) is 1.08. The van der Waals surface area contributed by atoms with Crippen molar-refractivity contribution in [1.82, 2.24) is 15.3 Å². The molecule has 0 unspecified atom stereocenters. The highest BCUT2D eigenvalue weighted by Crippen LogP contribution is 2.22. The number of nitrogens with one attached hydrogen (secondary N) is 1. The van der Waals surface area contributed by atoms with Crippen LogP contribution in [-0.2, 0) is 6.42 Å². The molecule has 0 atom stereocenters. The quantitative estimate of drug-likeness (QED) is 0.883. The number of anilines is 1. The number of hydrogen-bond acceptors (Lipinski definition) is 4. The molecule has 0 bridgehead atoms. The van der Waals surface area contributed by atoms with Crippen LogP contribution >= 0.6 is 0 Å². The van der Waals surface area contributed by atoms with Gasteiger partial charge in [-0.3, -0.25) is 0 Å². The standard InChI is InChI=1S/C15H26N4/c1-4-14-17-12(3)10-15(18-14)19-8-6-13(7-9-19)11-16-5-2/h10,13,16H,4-9,11H2,1-3H3. The molecule has 106 valence electrons. The molecule has 0 amide bonds. The molecule has 1 aromatic rings. The minimum atomic E-state index is 0.824. The highest BCUT2D eigenvalue weighted by atomic mass is 15.2. The van der Waals surface area contributed by atoms with Crippen molar-refractivity contribution in [2.75, 3.05) is 31.1 Å². The fraction of sp³-hybridized carbons (Fsp3) is 0.733. The van der Waals surface area contributed by atoms with E-state index in [0.29, 0.717) is 0 Å². The zero-order chi connectivity index (χ0) is 13.7. The second kappa shape index (κ2) is 6.85. The van der Waals surface area contributed by atoms with E-state index in [1.165, 1.54) is 12.8 Å². The average Bonchev–Trinajstić information content (AvgIpc) is 2.45. The first-order valence-electron chi connectivity index (χ1n) is 7.53. The third-order valence-electron chi connectivity index (χ3n) is 3.82. The topological polar surface area (TPSA) is 41.0 Å². The summed E-state index contributed by atoms with van der Waals surface area (Å²) in [4.78, 5) is 11.5. The Morgan fingerprint density at radius 3 is 2.63 bits per heavy atom. The van der Waals surface area contributed by atoms with Crippen LogP contribution < -0.4 is 10.2 Å². The van der Waals surface area contributed by atoms with Crippen molar-refractivity contribution in [2.45, 2.75) is 40.0 Å². The van der Waals surface area contributed by atoms with E-state index >= 15 is 0 Å². The maximum absolute atomic E-state index is 4.66. The summed E-state index contributed by atoms with van der Waals surface area (Å²) in [5, 5.41) is 3.46. The van der Waals surface area contributed by atoms with Crippen LogP contribution in [0.2, 0.25) is 0 Å². The Morgan fingerprint density at radius 2 is 2.00 bits per heavy atom. The van der Waals surface area contributed by atoms with E-state index in [-0.39, 0.29) is 0 Å². The van der Waals surface area contributed by atoms with E-state index in [1.54, 1.807) is 0 Å². The molecule has 2 heterocycles. The van der Waals surface area contributed by atoms with Crippen molar-refractivity contribution in [2.24, 2.45) is 5.92 Å². The first-order chi connectivity index (χ1) is 9.22. The molecule has 0 radical (unpaired) electrons. The average molecular weight is 262 g/mol. The summed E-state index contributed by atoms with van der Waals surface area (Å²) in [7, 11) is 0. The van der Waals surface area contributed by atoms with E-state index in [1.807, 2.05) is 0 Å². The second-order valence-corrected chi connectivity index (χ2v) is 5.38. The van der Waals surface area contributed by atoms with Gasteiger partial charge in [-0.15, -0.1) is 0 Å². The van der Waals surface area contributed by atoms with Gasteiger partial charge in [0.25, 0.3) is 0 Å². The lowest BCUT2D eigenvalue weighted by atomic mass is 9.97. The maximum atomic E-state index is 4.66. The van der Waals surface area contributed by atoms with E-state index in [4.69, 9.17) is 0 Å². The van der Waals surface area contributed by atoms with Gasteiger partial charge < -0.3 is 10.2 Å². The van der Waals surface area contributed by atoms with E-state index in [0.717, 1.165) is 55.9 Å². The number of rotatable bonds is 5. The molecule has 1 fully saturated rings. The van der Waals surface area contributed by atoms with Gasteiger partial charge in [0.2, 0.25) is 0 Å². The predicted octanol–water partition coefficient (Wildman–Crippen LogP) is 2.17. The molecule has 19 heavy (non-hydrogen) atoms. The number of piperidine rings is 1. The first-order valence-corrected chi connectivity index (χ1v) is 7.53. The van der Waals surface area contributed by atoms with E-state index in [2.05, 4.69) is 47.0 Å². The zero-order valence-electron chi connectivity index (χ0n) is 12.4. The van der Waals surface area contributed by atoms with Crippen molar-refractivity contribution in [3.8, 4) is 0 Å². The van der Waals surface area contributed by atoms with Gasteiger partial charge in [-0.05, 0) is 38.8 Å². The molecule has 1 aromatic heterocycles. The lowest BCUT2D eigenvalue weighted by molar-refractivity contribution is 0.385. The summed E-state index contributed by atoms with van der Waals surface area (Å²) in [5.74, 6) is 2.90. The lowest BCUT2D eigenvalue weighted by Gasteiger charge is -2.33.